The second-order valence-electron chi connectivity index (χ2n) is 2.73. The summed E-state index contributed by atoms with van der Waals surface area (Å²) in [5.41, 5.74) is 0.408. The molecular weight excluding hydrogens is 247 g/mol. The highest BCUT2D eigenvalue weighted by atomic mass is 79.9. The lowest BCUT2D eigenvalue weighted by atomic mass is 10.1. The van der Waals surface area contributed by atoms with Gasteiger partial charge in [0.2, 0.25) is 0 Å². The lowest BCUT2D eigenvalue weighted by Crippen LogP contribution is -2.08. The van der Waals surface area contributed by atoms with Gasteiger partial charge < -0.3 is 0 Å². The van der Waals surface area contributed by atoms with Gasteiger partial charge >= 0.3 is 6.18 Å². The summed E-state index contributed by atoms with van der Waals surface area (Å²) in [5.74, 6) is 0. The first-order valence-electron chi connectivity index (χ1n) is 3.53. The van der Waals surface area contributed by atoms with Crippen LogP contribution in [-0.4, -0.2) is 4.98 Å². The Balaban J connectivity index is 3.32. The van der Waals surface area contributed by atoms with E-state index in [-0.39, 0.29) is 4.60 Å². The minimum absolute atomic E-state index is 0.150. The Morgan fingerprint density at radius 1 is 1.31 bits per heavy atom. The zero-order valence-corrected chi connectivity index (χ0v) is 8.62. The molecule has 0 saturated carbocycles. The Bertz CT molecular complexity index is 333. The van der Waals surface area contributed by atoms with E-state index < -0.39 is 11.7 Å². The summed E-state index contributed by atoms with van der Waals surface area (Å²) < 4.78 is 36.7. The normalized spacial score (nSPS) is 11.8. The van der Waals surface area contributed by atoms with Crippen LogP contribution in [0.3, 0.4) is 0 Å². The Morgan fingerprint density at radius 2 is 1.85 bits per heavy atom. The SMILES string of the molecule is Cc1cc(C(F)(F)F)c(Br)nc1C. The molecule has 0 aliphatic heterocycles. The van der Waals surface area contributed by atoms with E-state index in [1.165, 1.54) is 0 Å². The molecule has 13 heavy (non-hydrogen) atoms. The average molecular weight is 254 g/mol. The summed E-state index contributed by atoms with van der Waals surface area (Å²) in [7, 11) is 0. The van der Waals surface area contributed by atoms with Gasteiger partial charge in [-0.05, 0) is 41.4 Å². The molecule has 0 spiro atoms. The summed E-state index contributed by atoms with van der Waals surface area (Å²) in [6.07, 6.45) is -4.34. The fourth-order valence-electron chi connectivity index (χ4n) is 0.875. The smallest absolute Gasteiger partial charge is 0.245 e. The third-order valence-corrected chi connectivity index (χ3v) is 2.33. The topological polar surface area (TPSA) is 12.9 Å². The van der Waals surface area contributed by atoms with Crippen LogP contribution in [0.15, 0.2) is 10.7 Å². The van der Waals surface area contributed by atoms with Crippen LogP contribution in [0.1, 0.15) is 16.8 Å². The minimum atomic E-state index is -4.34. The summed E-state index contributed by atoms with van der Waals surface area (Å²) in [5, 5.41) is 0. The molecule has 0 aliphatic rings. The van der Waals surface area contributed by atoms with Gasteiger partial charge in [-0.3, -0.25) is 0 Å². The van der Waals surface area contributed by atoms with Crippen LogP contribution < -0.4 is 0 Å². The van der Waals surface area contributed by atoms with Gasteiger partial charge in [-0.25, -0.2) is 4.98 Å². The molecular formula is C8H7BrF3N. The van der Waals surface area contributed by atoms with E-state index in [2.05, 4.69) is 20.9 Å². The van der Waals surface area contributed by atoms with Gasteiger partial charge in [0.1, 0.15) is 4.60 Å². The van der Waals surface area contributed by atoms with Crippen molar-refractivity contribution in [1.29, 1.82) is 0 Å². The lowest BCUT2D eigenvalue weighted by molar-refractivity contribution is -0.138. The molecule has 72 valence electrons. The second-order valence-corrected chi connectivity index (χ2v) is 3.48. The molecule has 1 aromatic heterocycles. The van der Waals surface area contributed by atoms with Gasteiger partial charge in [-0.2, -0.15) is 13.2 Å². The second kappa shape index (κ2) is 3.29. The number of aryl methyl sites for hydroxylation is 2. The Morgan fingerprint density at radius 3 is 2.31 bits per heavy atom. The van der Waals surface area contributed by atoms with Crippen molar-refractivity contribution in [1.82, 2.24) is 4.98 Å². The molecule has 0 N–H and O–H groups in total. The fraction of sp³-hybridized carbons (Fsp3) is 0.375. The predicted molar refractivity (Wildman–Crippen MR) is 46.4 cm³/mol. The monoisotopic (exact) mass is 253 g/mol. The third kappa shape index (κ3) is 2.21. The van der Waals surface area contributed by atoms with E-state index >= 15 is 0 Å². The predicted octanol–water partition coefficient (Wildman–Crippen LogP) is 3.48. The van der Waals surface area contributed by atoms with Gasteiger partial charge in [0.25, 0.3) is 0 Å². The van der Waals surface area contributed by atoms with Crippen molar-refractivity contribution in [2.24, 2.45) is 0 Å². The molecule has 0 atom stereocenters. The molecule has 0 aliphatic carbocycles. The molecule has 0 fully saturated rings. The molecule has 5 heteroatoms. The van der Waals surface area contributed by atoms with Crippen LogP contribution in [-0.2, 0) is 6.18 Å². The molecule has 0 unspecified atom stereocenters. The van der Waals surface area contributed by atoms with E-state index in [0.717, 1.165) is 6.07 Å². The molecule has 0 bridgehead atoms. The Labute approximate surface area is 82.1 Å². The van der Waals surface area contributed by atoms with Crippen LogP contribution in [0.4, 0.5) is 13.2 Å². The highest BCUT2D eigenvalue weighted by molar-refractivity contribution is 9.10. The van der Waals surface area contributed by atoms with Crippen LogP contribution in [0.5, 0.6) is 0 Å². The maximum atomic E-state index is 12.3. The van der Waals surface area contributed by atoms with E-state index in [0.29, 0.717) is 11.3 Å². The first-order chi connectivity index (χ1) is 5.82. The Hall–Kier alpha value is -0.580. The summed E-state index contributed by atoms with van der Waals surface area (Å²) in [6, 6.07) is 1.09. The van der Waals surface area contributed by atoms with Crippen LogP contribution in [0.2, 0.25) is 0 Å². The lowest BCUT2D eigenvalue weighted by Gasteiger charge is -2.10. The highest BCUT2D eigenvalue weighted by Crippen LogP contribution is 2.34. The Kier molecular flexibility index (Phi) is 2.66. The van der Waals surface area contributed by atoms with Crippen molar-refractivity contribution in [3.8, 4) is 0 Å². The van der Waals surface area contributed by atoms with E-state index in [1.54, 1.807) is 13.8 Å². The van der Waals surface area contributed by atoms with Crippen LogP contribution in [0.25, 0.3) is 0 Å². The summed E-state index contributed by atoms with van der Waals surface area (Å²) in [6.45, 7) is 3.27. The molecule has 0 amide bonds. The minimum Gasteiger partial charge on any atom is -0.245 e. The summed E-state index contributed by atoms with van der Waals surface area (Å²) in [4.78, 5) is 3.74. The van der Waals surface area contributed by atoms with Crippen molar-refractivity contribution >= 4 is 15.9 Å². The number of halogens is 4. The molecule has 1 heterocycles. The fourth-order valence-corrected chi connectivity index (χ4v) is 1.48. The van der Waals surface area contributed by atoms with Crippen molar-refractivity contribution in [3.63, 3.8) is 0 Å². The highest BCUT2D eigenvalue weighted by Gasteiger charge is 2.34. The number of hydrogen-bond acceptors (Lipinski definition) is 1. The van der Waals surface area contributed by atoms with Crippen LogP contribution >= 0.6 is 15.9 Å². The van der Waals surface area contributed by atoms with Gasteiger partial charge in [0.05, 0.1) is 5.56 Å². The molecule has 0 saturated heterocycles. The number of alkyl halides is 3. The molecule has 0 aromatic carbocycles. The van der Waals surface area contributed by atoms with E-state index in [4.69, 9.17) is 0 Å². The number of aromatic nitrogens is 1. The van der Waals surface area contributed by atoms with Crippen LogP contribution in [0, 0.1) is 13.8 Å². The number of rotatable bonds is 0. The van der Waals surface area contributed by atoms with Gasteiger partial charge in [-0.1, -0.05) is 0 Å². The molecule has 1 aromatic rings. The van der Waals surface area contributed by atoms with Crippen molar-refractivity contribution in [2.75, 3.05) is 0 Å². The number of hydrogen-bond donors (Lipinski definition) is 0. The maximum Gasteiger partial charge on any atom is 0.419 e. The van der Waals surface area contributed by atoms with E-state index in [9.17, 15) is 13.2 Å². The molecule has 1 rings (SSSR count). The molecule has 0 radical (unpaired) electrons. The van der Waals surface area contributed by atoms with Crippen molar-refractivity contribution in [2.45, 2.75) is 20.0 Å². The first kappa shape index (κ1) is 10.5. The van der Waals surface area contributed by atoms with Gasteiger partial charge in [0.15, 0.2) is 0 Å². The summed E-state index contributed by atoms with van der Waals surface area (Å²) >= 11 is 2.79. The zero-order chi connectivity index (χ0) is 10.2. The number of nitrogens with zero attached hydrogens (tertiary/aromatic N) is 1. The molecule has 1 nitrogen and oxygen atoms in total. The quantitative estimate of drug-likeness (QED) is 0.646. The van der Waals surface area contributed by atoms with Gasteiger partial charge in [-0.15, -0.1) is 0 Å². The van der Waals surface area contributed by atoms with Crippen molar-refractivity contribution in [3.05, 3.63) is 27.5 Å². The zero-order valence-electron chi connectivity index (χ0n) is 7.04. The van der Waals surface area contributed by atoms with E-state index in [1.807, 2.05) is 0 Å². The first-order valence-corrected chi connectivity index (χ1v) is 4.32. The largest absolute Gasteiger partial charge is 0.419 e. The third-order valence-electron chi connectivity index (χ3n) is 1.73. The maximum absolute atomic E-state index is 12.3. The standard InChI is InChI=1S/C8H7BrF3N/c1-4-3-6(8(10,11)12)7(9)13-5(4)2/h3H,1-2H3. The van der Waals surface area contributed by atoms with Crippen molar-refractivity contribution < 1.29 is 13.2 Å². The average Bonchev–Trinajstić information content (AvgIpc) is 1.94. The number of pyridine rings is 1. The van der Waals surface area contributed by atoms with Gasteiger partial charge in [0, 0.05) is 5.69 Å².